The highest BCUT2D eigenvalue weighted by Gasteiger charge is 2.47. The normalized spacial score (nSPS) is 16.2. The van der Waals surface area contributed by atoms with Crippen LogP contribution in [0.1, 0.15) is 76.2 Å². The molecule has 6 rings (SSSR count). The molecule has 2 amide bonds. The average Bonchev–Trinajstić information content (AvgIpc) is 3.96. The number of nitrogens with one attached hydrogen (secondary N) is 1. The van der Waals surface area contributed by atoms with Gasteiger partial charge in [-0.25, -0.2) is 4.98 Å². The molecule has 0 unspecified atom stereocenters. The van der Waals surface area contributed by atoms with Gasteiger partial charge in [0.05, 0.1) is 43.1 Å². The molecule has 46 heavy (non-hydrogen) atoms. The summed E-state index contributed by atoms with van der Waals surface area (Å²) in [5.74, 6) is -1.40. The molecule has 242 valence electrons. The molecule has 2 saturated carbocycles. The molecule has 0 aliphatic heterocycles. The van der Waals surface area contributed by atoms with E-state index in [1.807, 2.05) is 10.9 Å². The van der Waals surface area contributed by atoms with Crippen LogP contribution in [-0.2, 0) is 11.8 Å². The van der Waals surface area contributed by atoms with Crippen molar-refractivity contribution in [3.05, 3.63) is 70.5 Å². The van der Waals surface area contributed by atoms with Gasteiger partial charge in [0.2, 0.25) is 0 Å². The number of aryl methyl sites for hydroxylation is 1. The van der Waals surface area contributed by atoms with Crippen LogP contribution in [0.2, 0.25) is 0 Å². The Hall–Kier alpha value is -4.65. The van der Waals surface area contributed by atoms with Crippen molar-refractivity contribution in [3.8, 4) is 22.8 Å². The van der Waals surface area contributed by atoms with Gasteiger partial charge in [0.15, 0.2) is 5.75 Å². The quantitative estimate of drug-likeness (QED) is 0.203. The Morgan fingerprint density at radius 3 is 2.48 bits per heavy atom. The Morgan fingerprint density at radius 1 is 1.13 bits per heavy atom. The van der Waals surface area contributed by atoms with Crippen molar-refractivity contribution in [2.75, 3.05) is 20.3 Å². The maximum atomic E-state index is 13.7. The van der Waals surface area contributed by atoms with Crippen molar-refractivity contribution in [3.63, 3.8) is 0 Å². The van der Waals surface area contributed by atoms with Crippen molar-refractivity contribution in [2.24, 2.45) is 11.7 Å². The van der Waals surface area contributed by atoms with Gasteiger partial charge < -0.3 is 25.6 Å². The summed E-state index contributed by atoms with van der Waals surface area (Å²) < 4.78 is 54.3. The van der Waals surface area contributed by atoms with E-state index in [9.17, 15) is 27.9 Å². The number of hydrogen-bond donors (Lipinski definition) is 3. The summed E-state index contributed by atoms with van der Waals surface area (Å²) in [7, 11) is 1.50. The number of methoxy groups -OCH3 is 1. The number of amides is 2. The number of nitrogens with two attached hydrogens (primary N) is 1. The molecule has 0 saturated heterocycles. The topological polar surface area (TPSA) is 142 Å². The van der Waals surface area contributed by atoms with Crippen LogP contribution >= 0.6 is 0 Å². The molecule has 2 aliphatic carbocycles. The van der Waals surface area contributed by atoms with E-state index in [0.717, 1.165) is 30.4 Å². The van der Waals surface area contributed by atoms with Gasteiger partial charge in [-0.1, -0.05) is 6.07 Å². The van der Waals surface area contributed by atoms with E-state index in [4.69, 9.17) is 15.2 Å². The SMILES string of the molecule is CCOc1c(C(N)=O)cc([C@@](O)(CNC(=O)c2cc(OC)c3nn(C4CC4)cc3c2)C2CC2)nc1-c1cc(C(F)(F)F)ccc1C. The number of halogens is 3. The molecule has 4 aromatic rings. The first-order valence-electron chi connectivity index (χ1n) is 15.1. The van der Waals surface area contributed by atoms with Crippen molar-refractivity contribution in [1.82, 2.24) is 20.1 Å². The molecule has 2 fully saturated rings. The van der Waals surface area contributed by atoms with Gasteiger partial charge in [-0.2, -0.15) is 18.3 Å². The summed E-state index contributed by atoms with van der Waals surface area (Å²) in [5, 5.41) is 20.3. The molecular weight excluding hydrogens is 603 g/mol. The second kappa shape index (κ2) is 11.6. The van der Waals surface area contributed by atoms with Crippen LogP contribution in [0.3, 0.4) is 0 Å². The summed E-state index contributed by atoms with van der Waals surface area (Å²) in [6.45, 7) is 3.04. The minimum Gasteiger partial charge on any atom is -0.494 e. The number of pyridine rings is 1. The number of alkyl halides is 3. The molecule has 2 aromatic carbocycles. The molecule has 2 aliphatic rings. The largest absolute Gasteiger partial charge is 0.494 e. The lowest BCUT2D eigenvalue weighted by Crippen LogP contribution is -2.43. The minimum atomic E-state index is -4.64. The van der Waals surface area contributed by atoms with Crippen LogP contribution in [-0.4, -0.2) is 51.9 Å². The molecule has 0 spiro atoms. The van der Waals surface area contributed by atoms with Crippen LogP contribution < -0.4 is 20.5 Å². The number of carbonyl (C=O) groups is 2. The van der Waals surface area contributed by atoms with Crippen LogP contribution in [0.5, 0.6) is 11.5 Å². The third-order valence-corrected chi connectivity index (χ3v) is 8.56. The highest BCUT2D eigenvalue weighted by molar-refractivity contribution is 6.00. The van der Waals surface area contributed by atoms with Crippen molar-refractivity contribution >= 4 is 22.7 Å². The number of hydrogen-bond acceptors (Lipinski definition) is 7. The number of aliphatic hydroxyl groups is 1. The molecule has 13 heteroatoms. The highest BCUT2D eigenvalue weighted by atomic mass is 19.4. The van der Waals surface area contributed by atoms with Gasteiger partial charge in [-0.05, 0) is 81.3 Å². The third kappa shape index (κ3) is 5.86. The first kappa shape index (κ1) is 31.3. The van der Waals surface area contributed by atoms with E-state index in [1.165, 1.54) is 19.2 Å². The molecule has 10 nitrogen and oxygen atoms in total. The number of carbonyl (C=O) groups excluding carboxylic acids is 2. The van der Waals surface area contributed by atoms with Crippen molar-refractivity contribution in [2.45, 2.75) is 57.3 Å². The van der Waals surface area contributed by atoms with E-state index in [2.05, 4.69) is 15.4 Å². The summed E-state index contributed by atoms with van der Waals surface area (Å²) in [5.41, 5.74) is 4.24. The lowest BCUT2D eigenvalue weighted by molar-refractivity contribution is -0.137. The summed E-state index contributed by atoms with van der Waals surface area (Å²) in [6, 6.07) is 8.10. The monoisotopic (exact) mass is 637 g/mol. The van der Waals surface area contributed by atoms with Gasteiger partial charge in [-0.3, -0.25) is 14.3 Å². The van der Waals surface area contributed by atoms with E-state index in [-0.39, 0.29) is 52.9 Å². The van der Waals surface area contributed by atoms with Crippen LogP contribution in [0.25, 0.3) is 22.2 Å². The Bertz CT molecular complexity index is 1850. The van der Waals surface area contributed by atoms with E-state index in [0.29, 0.717) is 35.7 Å². The Kier molecular flexibility index (Phi) is 7.91. The summed E-state index contributed by atoms with van der Waals surface area (Å²) >= 11 is 0. The van der Waals surface area contributed by atoms with E-state index < -0.39 is 29.2 Å². The van der Waals surface area contributed by atoms with Crippen molar-refractivity contribution < 1.29 is 37.3 Å². The lowest BCUT2D eigenvalue weighted by Gasteiger charge is -2.30. The minimum absolute atomic E-state index is 0.0156. The van der Waals surface area contributed by atoms with E-state index >= 15 is 0 Å². The number of nitrogens with zero attached hydrogens (tertiary/aromatic N) is 3. The fraction of sp³-hybridized carbons (Fsp3) is 0.394. The number of benzene rings is 2. The van der Waals surface area contributed by atoms with E-state index in [1.54, 1.807) is 26.0 Å². The van der Waals surface area contributed by atoms with Gasteiger partial charge >= 0.3 is 6.18 Å². The maximum absolute atomic E-state index is 13.7. The predicted molar refractivity (Wildman–Crippen MR) is 163 cm³/mol. The molecule has 2 aromatic heterocycles. The third-order valence-electron chi connectivity index (χ3n) is 8.56. The second-order valence-electron chi connectivity index (χ2n) is 11.9. The Morgan fingerprint density at radius 2 is 1.87 bits per heavy atom. The lowest BCUT2D eigenvalue weighted by atomic mass is 9.90. The molecule has 0 radical (unpaired) electrons. The van der Waals surface area contributed by atoms with Gasteiger partial charge in [-0.15, -0.1) is 0 Å². The van der Waals surface area contributed by atoms with Crippen LogP contribution in [0.4, 0.5) is 13.2 Å². The number of ether oxygens (including phenoxy) is 2. The summed E-state index contributed by atoms with van der Waals surface area (Å²) in [4.78, 5) is 30.8. The Balaban J connectivity index is 1.39. The predicted octanol–water partition coefficient (Wildman–Crippen LogP) is 5.29. The molecule has 4 N–H and O–H groups in total. The smallest absolute Gasteiger partial charge is 0.416 e. The standard InChI is InChI=1S/C33H34F3N5O5/c1-4-46-29-24(30(37)42)14-26(39-28(29)23-13-21(33(34,35)36)6-5-17(23)2)32(44,20-7-8-20)16-38-31(43)18-11-19-15-41(22-9-10-22)40-27(19)25(12-18)45-3/h5-6,11-15,20,22,44H,4,7-10,16H2,1-3H3,(H2,37,42)(H,38,43)/t32-/m1/s1. The first-order valence-corrected chi connectivity index (χ1v) is 15.1. The molecule has 0 bridgehead atoms. The fourth-order valence-corrected chi connectivity index (χ4v) is 5.72. The highest BCUT2D eigenvalue weighted by Crippen LogP contribution is 2.47. The first-order chi connectivity index (χ1) is 21.8. The number of fused-ring (bicyclic) bond motifs is 1. The molecule has 1 atom stereocenters. The molecular formula is C33H34F3N5O5. The van der Waals surface area contributed by atoms with Gasteiger partial charge in [0.25, 0.3) is 11.8 Å². The zero-order valence-electron chi connectivity index (χ0n) is 25.6. The fourth-order valence-electron chi connectivity index (χ4n) is 5.72. The van der Waals surface area contributed by atoms with Gasteiger partial charge in [0, 0.05) is 22.7 Å². The number of primary amides is 1. The number of aromatic nitrogens is 3. The number of rotatable bonds is 11. The Labute approximate surface area is 262 Å². The van der Waals surface area contributed by atoms with Crippen LogP contribution in [0, 0.1) is 12.8 Å². The molecule has 2 heterocycles. The second-order valence-corrected chi connectivity index (χ2v) is 11.9. The zero-order chi connectivity index (χ0) is 33.0. The maximum Gasteiger partial charge on any atom is 0.416 e. The van der Waals surface area contributed by atoms with Gasteiger partial charge in [0.1, 0.15) is 22.6 Å². The zero-order valence-corrected chi connectivity index (χ0v) is 25.6. The average molecular weight is 638 g/mol. The van der Waals surface area contributed by atoms with Crippen molar-refractivity contribution in [1.29, 1.82) is 0 Å². The summed E-state index contributed by atoms with van der Waals surface area (Å²) in [6.07, 6.45) is 0.514. The van der Waals surface area contributed by atoms with Crippen LogP contribution in [0.15, 0.2) is 42.6 Å².